The number of aromatic hydroxyl groups is 1. The predicted molar refractivity (Wildman–Crippen MR) is 113 cm³/mol. The number of benzene rings is 2. The number of aliphatic imine (C=N–C) groups is 1. The second-order valence-corrected chi connectivity index (χ2v) is 8.83. The first-order valence-corrected chi connectivity index (χ1v) is 9.53. The zero-order valence-electron chi connectivity index (χ0n) is 17.5. The van der Waals surface area contributed by atoms with E-state index < -0.39 is 0 Å². The van der Waals surface area contributed by atoms with E-state index in [-0.39, 0.29) is 5.41 Å². The highest BCUT2D eigenvalue weighted by Gasteiger charge is 2.17. The van der Waals surface area contributed by atoms with Crippen molar-refractivity contribution in [1.82, 2.24) is 0 Å². The molecular weight excluding hydrogens is 318 g/mol. The molecule has 0 atom stereocenters. The minimum atomic E-state index is 0.0278. The number of aryl methyl sites for hydroxylation is 1. The van der Waals surface area contributed by atoms with Crippen LogP contribution in [0.25, 0.3) is 0 Å². The van der Waals surface area contributed by atoms with Gasteiger partial charge in [-0.15, -0.1) is 0 Å². The molecule has 0 aliphatic heterocycles. The number of phenols is 1. The molecule has 0 saturated carbocycles. The lowest BCUT2D eigenvalue weighted by Crippen LogP contribution is -2.12. The van der Waals surface area contributed by atoms with Crippen LogP contribution < -0.4 is 0 Å². The Balaban J connectivity index is 2.59. The fourth-order valence-electron chi connectivity index (χ4n) is 3.13. The van der Waals surface area contributed by atoms with Crippen molar-refractivity contribution in [2.24, 2.45) is 4.99 Å². The summed E-state index contributed by atoms with van der Waals surface area (Å²) in [5.74, 6) is 1.11. The molecule has 2 nitrogen and oxygen atoms in total. The van der Waals surface area contributed by atoms with Crippen molar-refractivity contribution in [2.75, 3.05) is 0 Å². The molecule has 0 amide bonds. The molecule has 2 aromatic carbocycles. The number of phenolic OH excluding ortho intramolecular Hbond substituents is 1. The first-order valence-electron chi connectivity index (χ1n) is 9.53. The summed E-state index contributed by atoms with van der Waals surface area (Å²) in [6.07, 6.45) is 1.82. The molecule has 0 spiro atoms. The van der Waals surface area contributed by atoms with Gasteiger partial charge in [-0.1, -0.05) is 72.7 Å². The van der Waals surface area contributed by atoms with E-state index in [0.29, 0.717) is 17.6 Å². The molecule has 0 aliphatic rings. The van der Waals surface area contributed by atoms with Crippen LogP contribution in [0.2, 0.25) is 0 Å². The maximum Gasteiger partial charge on any atom is 0.127 e. The molecule has 2 aromatic rings. The molecule has 26 heavy (non-hydrogen) atoms. The fourth-order valence-corrected chi connectivity index (χ4v) is 3.13. The third kappa shape index (κ3) is 4.35. The average molecular weight is 352 g/mol. The minimum absolute atomic E-state index is 0.0278. The Kier molecular flexibility index (Phi) is 5.95. The maximum absolute atomic E-state index is 10.5. The molecule has 0 bridgehead atoms. The molecule has 0 radical (unpaired) electrons. The Morgan fingerprint density at radius 1 is 0.962 bits per heavy atom. The molecule has 0 heterocycles. The van der Waals surface area contributed by atoms with E-state index in [0.717, 1.165) is 16.8 Å². The summed E-state index contributed by atoms with van der Waals surface area (Å²) in [4.78, 5) is 4.86. The lowest BCUT2D eigenvalue weighted by molar-refractivity contribution is 0.469. The van der Waals surface area contributed by atoms with Crippen LogP contribution >= 0.6 is 0 Å². The standard InChI is InChI=1S/C24H33NO/c1-15(2)20-10-9-11-21(16(3)4)22(20)25-14-18-13-19(24(6,7)8)12-17(5)23(18)26/h9-16,26H,1-8H3. The van der Waals surface area contributed by atoms with Gasteiger partial charge in [0.15, 0.2) is 0 Å². The summed E-state index contributed by atoms with van der Waals surface area (Å²) in [5, 5.41) is 10.5. The van der Waals surface area contributed by atoms with Gasteiger partial charge in [-0.25, -0.2) is 0 Å². The Labute approximate surface area is 159 Å². The van der Waals surface area contributed by atoms with E-state index in [1.807, 2.05) is 13.1 Å². The highest BCUT2D eigenvalue weighted by Crippen LogP contribution is 2.35. The molecular formula is C24H33NO. The first-order chi connectivity index (χ1) is 12.0. The van der Waals surface area contributed by atoms with Crippen LogP contribution in [-0.2, 0) is 5.41 Å². The second kappa shape index (κ2) is 7.65. The Bertz CT molecular complexity index is 781. The van der Waals surface area contributed by atoms with Gasteiger partial charge >= 0.3 is 0 Å². The third-order valence-electron chi connectivity index (χ3n) is 4.87. The molecule has 2 rings (SSSR count). The summed E-state index contributed by atoms with van der Waals surface area (Å²) < 4.78 is 0. The van der Waals surface area contributed by atoms with Gasteiger partial charge in [-0.3, -0.25) is 4.99 Å². The van der Waals surface area contributed by atoms with Crippen LogP contribution in [0.4, 0.5) is 5.69 Å². The second-order valence-electron chi connectivity index (χ2n) is 8.83. The molecule has 0 unspecified atom stereocenters. The van der Waals surface area contributed by atoms with Gasteiger partial charge in [0.05, 0.1) is 5.69 Å². The Morgan fingerprint density at radius 3 is 1.96 bits per heavy atom. The number of para-hydroxylation sites is 1. The maximum atomic E-state index is 10.5. The smallest absolute Gasteiger partial charge is 0.127 e. The summed E-state index contributed by atoms with van der Waals surface area (Å²) in [5.41, 5.74) is 6.43. The molecule has 0 aromatic heterocycles. The molecule has 0 aliphatic carbocycles. The van der Waals surface area contributed by atoms with Crippen LogP contribution in [0.5, 0.6) is 5.75 Å². The van der Waals surface area contributed by atoms with Gasteiger partial charge < -0.3 is 5.11 Å². The van der Waals surface area contributed by atoms with Gasteiger partial charge in [0.1, 0.15) is 5.75 Å². The van der Waals surface area contributed by atoms with Crippen LogP contribution in [0, 0.1) is 6.92 Å². The molecule has 1 N–H and O–H groups in total. The summed E-state index contributed by atoms with van der Waals surface area (Å²) in [7, 11) is 0. The average Bonchev–Trinajstić information content (AvgIpc) is 2.54. The van der Waals surface area contributed by atoms with Crippen molar-refractivity contribution >= 4 is 11.9 Å². The number of hydrogen-bond acceptors (Lipinski definition) is 2. The highest BCUT2D eigenvalue weighted by atomic mass is 16.3. The molecule has 0 fully saturated rings. The Morgan fingerprint density at radius 2 is 1.50 bits per heavy atom. The van der Waals surface area contributed by atoms with Gasteiger partial charge in [0.2, 0.25) is 0 Å². The normalized spacial score (nSPS) is 12.5. The summed E-state index contributed by atoms with van der Waals surface area (Å²) >= 11 is 0. The molecule has 0 saturated heterocycles. The van der Waals surface area contributed by atoms with Gasteiger partial charge in [0.25, 0.3) is 0 Å². The van der Waals surface area contributed by atoms with Crippen molar-refractivity contribution in [3.05, 3.63) is 58.1 Å². The zero-order chi connectivity index (χ0) is 19.6. The van der Waals surface area contributed by atoms with Crippen molar-refractivity contribution in [3.8, 4) is 5.75 Å². The van der Waals surface area contributed by atoms with Crippen molar-refractivity contribution in [2.45, 2.75) is 72.6 Å². The van der Waals surface area contributed by atoms with Gasteiger partial charge in [-0.2, -0.15) is 0 Å². The van der Waals surface area contributed by atoms with Crippen LogP contribution in [0.3, 0.4) is 0 Å². The number of rotatable bonds is 4. The largest absolute Gasteiger partial charge is 0.507 e. The van der Waals surface area contributed by atoms with Crippen LogP contribution in [-0.4, -0.2) is 11.3 Å². The highest BCUT2D eigenvalue weighted by molar-refractivity contribution is 5.87. The lowest BCUT2D eigenvalue weighted by Gasteiger charge is -2.21. The van der Waals surface area contributed by atoms with E-state index in [2.05, 4.69) is 78.8 Å². The minimum Gasteiger partial charge on any atom is -0.507 e. The van der Waals surface area contributed by atoms with E-state index in [1.54, 1.807) is 0 Å². The predicted octanol–water partition coefficient (Wildman–Crippen LogP) is 7.00. The van der Waals surface area contributed by atoms with Crippen molar-refractivity contribution in [1.29, 1.82) is 0 Å². The zero-order valence-corrected chi connectivity index (χ0v) is 17.5. The Hall–Kier alpha value is -2.09. The van der Waals surface area contributed by atoms with E-state index in [4.69, 9.17) is 4.99 Å². The molecule has 2 heteroatoms. The molecule has 140 valence electrons. The van der Waals surface area contributed by atoms with Crippen molar-refractivity contribution in [3.63, 3.8) is 0 Å². The fraction of sp³-hybridized carbons (Fsp3) is 0.458. The third-order valence-corrected chi connectivity index (χ3v) is 4.87. The van der Waals surface area contributed by atoms with E-state index in [9.17, 15) is 5.11 Å². The monoisotopic (exact) mass is 351 g/mol. The van der Waals surface area contributed by atoms with Gasteiger partial charge in [-0.05, 0) is 52.5 Å². The first kappa shape index (κ1) is 20.2. The SMILES string of the molecule is Cc1cc(C(C)(C)C)cc(C=Nc2c(C(C)C)cccc2C(C)C)c1O. The van der Waals surface area contributed by atoms with Crippen LogP contribution in [0.15, 0.2) is 35.3 Å². The van der Waals surface area contributed by atoms with Crippen LogP contribution in [0.1, 0.15) is 88.1 Å². The summed E-state index contributed by atoms with van der Waals surface area (Å²) in [6, 6.07) is 10.5. The van der Waals surface area contributed by atoms with Crippen molar-refractivity contribution < 1.29 is 5.11 Å². The van der Waals surface area contributed by atoms with E-state index in [1.165, 1.54) is 16.7 Å². The topological polar surface area (TPSA) is 32.6 Å². The number of hydrogen-bond donors (Lipinski definition) is 1. The number of nitrogens with zero attached hydrogens (tertiary/aromatic N) is 1. The van der Waals surface area contributed by atoms with E-state index >= 15 is 0 Å². The lowest BCUT2D eigenvalue weighted by atomic mass is 9.85. The van der Waals surface area contributed by atoms with Gasteiger partial charge in [0, 0.05) is 11.8 Å². The quantitative estimate of drug-likeness (QED) is 0.591. The summed E-state index contributed by atoms with van der Waals surface area (Å²) in [6.45, 7) is 17.3.